The first-order valence-electron chi connectivity index (χ1n) is 15.4. The van der Waals surface area contributed by atoms with Crippen molar-refractivity contribution < 1.29 is 10.2 Å². The average molecular weight is 537 g/mol. The van der Waals surface area contributed by atoms with E-state index in [1.165, 1.54) is 40.7 Å². The van der Waals surface area contributed by atoms with Gasteiger partial charge in [0, 0.05) is 36.6 Å². The van der Waals surface area contributed by atoms with Crippen molar-refractivity contribution in [3.8, 4) is 0 Å². The zero-order valence-corrected chi connectivity index (χ0v) is 23.9. The number of hydrogen-bond donors (Lipinski definition) is 2. The van der Waals surface area contributed by atoms with Crippen LogP contribution in [0.1, 0.15) is 66.3 Å². The molecule has 4 nitrogen and oxygen atoms in total. The molecule has 2 saturated carbocycles. The van der Waals surface area contributed by atoms with Crippen LogP contribution in [0.15, 0.2) is 78.9 Å². The molecule has 0 unspecified atom stereocenters. The lowest BCUT2D eigenvalue weighted by molar-refractivity contribution is -0.198. The molecule has 0 amide bonds. The molecule has 1 aliphatic heterocycles. The molecule has 2 bridgehead atoms. The molecule has 0 spiro atoms. The number of benzene rings is 3. The van der Waals surface area contributed by atoms with Gasteiger partial charge < -0.3 is 10.2 Å². The maximum absolute atomic E-state index is 12.9. The Kier molecular flexibility index (Phi) is 6.66. The molecule has 3 aromatic carbocycles. The van der Waals surface area contributed by atoms with Crippen molar-refractivity contribution in [1.82, 2.24) is 9.80 Å². The monoisotopic (exact) mass is 536 g/mol. The van der Waals surface area contributed by atoms with E-state index in [4.69, 9.17) is 0 Å². The van der Waals surface area contributed by atoms with Gasteiger partial charge in [0.15, 0.2) is 0 Å². The Hall–Kier alpha value is -2.50. The molecule has 7 rings (SSSR count). The van der Waals surface area contributed by atoms with E-state index in [1.807, 2.05) is 0 Å². The first-order valence-corrected chi connectivity index (χ1v) is 15.4. The van der Waals surface area contributed by atoms with Crippen LogP contribution in [0.25, 0.3) is 0 Å². The molecule has 0 radical (unpaired) electrons. The third-order valence-electron chi connectivity index (χ3n) is 11.0. The van der Waals surface area contributed by atoms with Crippen molar-refractivity contribution in [3.05, 3.63) is 107 Å². The maximum Gasteiger partial charge on any atom is 0.0903 e. The van der Waals surface area contributed by atoms with E-state index in [-0.39, 0.29) is 18.1 Å². The number of hydrogen-bond acceptors (Lipinski definition) is 4. The second-order valence-electron chi connectivity index (χ2n) is 13.5. The van der Waals surface area contributed by atoms with Crippen molar-refractivity contribution in [2.45, 2.75) is 87.6 Å². The third-order valence-corrected chi connectivity index (χ3v) is 11.0. The van der Waals surface area contributed by atoms with Gasteiger partial charge >= 0.3 is 0 Å². The van der Waals surface area contributed by atoms with Crippen LogP contribution in [0.4, 0.5) is 0 Å². The number of rotatable bonds is 8. The Labute approximate surface area is 239 Å². The van der Waals surface area contributed by atoms with Gasteiger partial charge in [-0.3, -0.25) is 9.80 Å². The minimum absolute atomic E-state index is 0.0993. The zero-order chi connectivity index (χ0) is 27.4. The number of fused-ring (bicyclic) bond motifs is 1. The molecule has 3 aliphatic carbocycles. The summed E-state index contributed by atoms with van der Waals surface area (Å²) in [6.07, 6.45) is 6.88. The molecule has 4 aliphatic rings. The Morgan fingerprint density at radius 1 is 0.875 bits per heavy atom. The summed E-state index contributed by atoms with van der Waals surface area (Å²) in [5.74, 6) is 0.808. The van der Waals surface area contributed by atoms with E-state index in [0.717, 1.165) is 64.2 Å². The molecule has 4 heteroatoms. The summed E-state index contributed by atoms with van der Waals surface area (Å²) in [5, 5.41) is 24.3. The second kappa shape index (κ2) is 10.1. The van der Waals surface area contributed by atoms with Gasteiger partial charge in [-0.15, -0.1) is 0 Å². The summed E-state index contributed by atoms with van der Waals surface area (Å²) in [5.41, 5.74) is 5.01. The fourth-order valence-corrected chi connectivity index (χ4v) is 8.69. The fourth-order valence-electron chi connectivity index (χ4n) is 8.69. The second-order valence-corrected chi connectivity index (χ2v) is 13.5. The highest BCUT2D eigenvalue weighted by Crippen LogP contribution is 2.61. The predicted octanol–water partition coefficient (Wildman–Crippen LogP) is 5.62. The summed E-state index contributed by atoms with van der Waals surface area (Å²) in [7, 11) is 0. The molecule has 3 fully saturated rings. The SMILES string of the molecule is Cc1ccc2c(c1)[C@]13CCN(CC4CC4)[C@H](C2)[C@]1(O)CC[C@](CO)(N(Cc1ccccc1)Cc1ccccc1)C3. The zero-order valence-electron chi connectivity index (χ0n) is 23.9. The molecule has 3 aromatic rings. The van der Waals surface area contributed by atoms with Gasteiger partial charge in [0.05, 0.1) is 12.2 Å². The van der Waals surface area contributed by atoms with Crippen LogP contribution >= 0.6 is 0 Å². The first kappa shape index (κ1) is 26.4. The number of likely N-dealkylation sites (tertiary alicyclic amines) is 1. The van der Waals surface area contributed by atoms with Gasteiger partial charge in [-0.1, -0.05) is 84.4 Å². The number of aliphatic hydroxyl groups excluding tert-OH is 1. The fraction of sp³-hybridized carbons (Fsp3) is 0.500. The first-order chi connectivity index (χ1) is 19.4. The number of aryl methyl sites for hydroxylation is 1. The van der Waals surface area contributed by atoms with Gasteiger partial charge in [-0.25, -0.2) is 0 Å². The highest BCUT2D eigenvalue weighted by Gasteiger charge is 2.67. The summed E-state index contributed by atoms with van der Waals surface area (Å²) < 4.78 is 0. The molecule has 1 saturated heterocycles. The predicted molar refractivity (Wildman–Crippen MR) is 160 cm³/mol. The molecule has 0 aromatic heterocycles. The average Bonchev–Trinajstić information content (AvgIpc) is 3.80. The Morgan fingerprint density at radius 2 is 1.55 bits per heavy atom. The summed E-state index contributed by atoms with van der Waals surface area (Å²) in [6, 6.07) is 28.5. The minimum atomic E-state index is -0.773. The maximum atomic E-state index is 12.9. The van der Waals surface area contributed by atoms with E-state index in [0.29, 0.717) is 0 Å². The van der Waals surface area contributed by atoms with Gasteiger partial charge in [0.2, 0.25) is 0 Å². The molecule has 40 heavy (non-hydrogen) atoms. The summed E-state index contributed by atoms with van der Waals surface area (Å²) >= 11 is 0. The largest absolute Gasteiger partial charge is 0.394 e. The molecule has 2 N–H and O–H groups in total. The number of nitrogens with zero attached hydrogens (tertiary/aromatic N) is 2. The van der Waals surface area contributed by atoms with Crippen LogP contribution in [0.2, 0.25) is 0 Å². The minimum Gasteiger partial charge on any atom is -0.394 e. The molecule has 4 atom stereocenters. The Morgan fingerprint density at radius 3 is 2.17 bits per heavy atom. The standard InChI is InChI=1S/C36H44N2O2/c1-27-12-15-31-21-33-36(40)17-16-34(26-39,25-35(36,32(31)20-27)18-19-37(33)22-30-13-14-30)38(23-28-8-4-2-5-9-28)24-29-10-6-3-7-11-29/h2-12,15,20,30,33,39-40H,13-14,16-19,21-26H2,1H3/t33-,34+,35-,36-/m1/s1. The highest BCUT2D eigenvalue weighted by atomic mass is 16.3. The Balaban J connectivity index is 1.32. The molecule has 1 heterocycles. The lowest BCUT2D eigenvalue weighted by Gasteiger charge is -2.67. The summed E-state index contributed by atoms with van der Waals surface area (Å²) in [6.45, 7) is 6.01. The summed E-state index contributed by atoms with van der Waals surface area (Å²) in [4.78, 5) is 5.19. The van der Waals surface area contributed by atoms with Crippen molar-refractivity contribution in [2.75, 3.05) is 19.7 Å². The van der Waals surface area contributed by atoms with Crippen LogP contribution in [0.5, 0.6) is 0 Å². The van der Waals surface area contributed by atoms with Crippen molar-refractivity contribution in [2.24, 2.45) is 5.92 Å². The smallest absolute Gasteiger partial charge is 0.0903 e. The molecular formula is C36H44N2O2. The van der Waals surface area contributed by atoms with Crippen molar-refractivity contribution >= 4 is 0 Å². The lowest BCUT2D eigenvalue weighted by atomic mass is 9.46. The number of piperidine rings is 1. The van der Waals surface area contributed by atoms with E-state index in [1.54, 1.807) is 0 Å². The van der Waals surface area contributed by atoms with E-state index in [9.17, 15) is 10.2 Å². The van der Waals surface area contributed by atoms with Crippen molar-refractivity contribution in [1.29, 1.82) is 0 Å². The van der Waals surface area contributed by atoms with Crippen LogP contribution < -0.4 is 0 Å². The molecular weight excluding hydrogens is 492 g/mol. The van der Waals surface area contributed by atoms with Crippen LogP contribution in [-0.2, 0) is 24.9 Å². The van der Waals surface area contributed by atoms with Gasteiger partial charge in [0.1, 0.15) is 0 Å². The van der Waals surface area contributed by atoms with Gasteiger partial charge in [-0.2, -0.15) is 0 Å². The van der Waals surface area contributed by atoms with Gasteiger partial charge in [-0.05, 0) is 86.6 Å². The van der Waals surface area contributed by atoms with E-state index < -0.39 is 11.1 Å². The Bertz CT molecular complexity index is 1300. The van der Waals surface area contributed by atoms with E-state index >= 15 is 0 Å². The van der Waals surface area contributed by atoms with Crippen LogP contribution in [0, 0.1) is 12.8 Å². The number of aliphatic hydroxyl groups is 2. The highest BCUT2D eigenvalue weighted by molar-refractivity contribution is 5.47. The van der Waals surface area contributed by atoms with Crippen molar-refractivity contribution in [3.63, 3.8) is 0 Å². The van der Waals surface area contributed by atoms with Crippen LogP contribution in [-0.4, -0.2) is 56.9 Å². The van der Waals surface area contributed by atoms with Gasteiger partial charge in [0.25, 0.3) is 0 Å². The van der Waals surface area contributed by atoms with Crippen LogP contribution in [0.3, 0.4) is 0 Å². The lowest BCUT2D eigenvalue weighted by Crippen LogP contribution is -2.76. The quantitative estimate of drug-likeness (QED) is 0.392. The van der Waals surface area contributed by atoms with E-state index in [2.05, 4.69) is 95.6 Å². The normalized spacial score (nSPS) is 31.6. The molecule has 210 valence electrons. The topological polar surface area (TPSA) is 46.9 Å². The third kappa shape index (κ3) is 4.36.